The van der Waals surface area contributed by atoms with E-state index in [1.165, 1.54) is 73.2 Å². The molecule has 264 valence electrons. The maximum atomic E-state index is 2.92. The van der Waals surface area contributed by atoms with Gasteiger partial charge in [0.25, 0.3) is 0 Å². The van der Waals surface area contributed by atoms with Crippen LogP contribution < -0.4 is 0 Å². The van der Waals surface area contributed by atoms with Crippen molar-refractivity contribution < 1.29 is 0 Å². The second kappa shape index (κ2) is 14.3. The van der Waals surface area contributed by atoms with Gasteiger partial charge in [-0.1, -0.05) is 192 Å². The highest BCUT2D eigenvalue weighted by Gasteiger charge is 2.59. The van der Waals surface area contributed by atoms with Crippen molar-refractivity contribution >= 4 is 19.2 Å². The molecule has 0 radical (unpaired) electrons. The van der Waals surface area contributed by atoms with Crippen molar-refractivity contribution in [2.24, 2.45) is 35.5 Å². The summed E-state index contributed by atoms with van der Waals surface area (Å²) in [5, 5.41) is 0. The molecule has 2 aromatic carbocycles. The molecule has 2 saturated carbocycles. The fourth-order valence-electron chi connectivity index (χ4n) is 11.5. The van der Waals surface area contributed by atoms with Crippen LogP contribution in [-0.4, -0.2) is 8.07 Å². The van der Waals surface area contributed by atoms with Gasteiger partial charge in [-0.2, -0.15) is 0 Å². The fourth-order valence-corrected chi connectivity index (χ4v) is 18.9. The van der Waals surface area contributed by atoms with Gasteiger partial charge in [0.2, 0.25) is 0 Å². The maximum absolute atomic E-state index is 2.92. The molecule has 0 aliphatic heterocycles. The predicted molar refractivity (Wildman–Crippen MR) is 219 cm³/mol. The third kappa shape index (κ3) is 7.22. The summed E-state index contributed by atoms with van der Waals surface area (Å²) in [5.41, 5.74) is 11.1. The minimum atomic E-state index is -1.77. The third-order valence-electron chi connectivity index (χ3n) is 13.8. The quantitative estimate of drug-likeness (QED) is 0.174. The second-order valence-corrected chi connectivity index (χ2v) is 24.0. The van der Waals surface area contributed by atoms with Gasteiger partial charge in [-0.05, 0) is 104 Å². The topological polar surface area (TPSA) is 0 Å². The molecule has 0 spiro atoms. The first-order chi connectivity index (χ1) is 23.2. The van der Waals surface area contributed by atoms with Crippen LogP contribution in [0.2, 0.25) is 23.7 Å². The SMILES string of the molecule is CCCCCCC[Si](C)(C1C(C)CC2C(c3ccc(C(C)(C)C)cc3)=CC=CC21)C1C(C)CC2C(c3ccc(C(C)(C)C)cc3)=CC=CC21. The first kappa shape index (κ1) is 36.4. The van der Waals surface area contributed by atoms with Crippen LogP contribution in [-0.2, 0) is 10.8 Å². The molecule has 8 unspecified atom stereocenters. The summed E-state index contributed by atoms with van der Waals surface area (Å²) < 4.78 is 0. The zero-order chi connectivity index (χ0) is 35.1. The first-order valence-electron chi connectivity index (χ1n) is 20.2. The smallest absolute Gasteiger partial charge is 0.0584 e. The molecular formula is C48H68Si. The van der Waals surface area contributed by atoms with Crippen LogP contribution in [0.1, 0.15) is 130 Å². The lowest BCUT2D eigenvalue weighted by atomic mass is 9.80. The van der Waals surface area contributed by atoms with Gasteiger partial charge in [0.05, 0.1) is 8.07 Å². The van der Waals surface area contributed by atoms with Crippen molar-refractivity contribution in [2.45, 2.75) is 142 Å². The molecule has 0 nitrogen and oxygen atoms in total. The van der Waals surface area contributed by atoms with Gasteiger partial charge in [-0.3, -0.25) is 0 Å². The zero-order valence-electron chi connectivity index (χ0n) is 32.9. The Balaban J connectivity index is 1.31. The van der Waals surface area contributed by atoms with E-state index in [9.17, 15) is 0 Å². The minimum Gasteiger partial charge on any atom is -0.0808 e. The van der Waals surface area contributed by atoms with Crippen molar-refractivity contribution in [3.63, 3.8) is 0 Å². The Morgan fingerprint density at radius 1 is 0.592 bits per heavy atom. The molecule has 2 fully saturated rings. The van der Waals surface area contributed by atoms with Gasteiger partial charge in [0.15, 0.2) is 0 Å². The third-order valence-corrected chi connectivity index (χ3v) is 20.1. The average molecular weight is 673 g/mol. The highest BCUT2D eigenvalue weighted by molar-refractivity contribution is 6.81. The van der Waals surface area contributed by atoms with E-state index < -0.39 is 8.07 Å². The zero-order valence-corrected chi connectivity index (χ0v) is 33.9. The lowest BCUT2D eigenvalue weighted by Gasteiger charge is -2.48. The molecule has 0 bridgehead atoms. The van der Waals surface area contributed by atoms with Crippen molar-refractivity contribution in [3.8, 4) is 0 Å². The van der Waals surface area contributed by atoms with Gasteiger partial charge in [-0.15, -0.1) is 0 Å². The van der Waals surface area contributed by atoms with Crippen LogP contribution in [0, 0.1) is 35.5 Å². The van der Waals surface area contributed by atoms with Crippen LogP contribution in [0.3, 0.4) is 0 Å². The minimum absolute atomic E-state index is 0.188. The molecule has 0 N–H and O–H groups in total. The molecule has 0 saturated heterocycles. The molecule has 0 aromatic heterocycles. The van der Waals surface area contributed by atoms with E-state index in [1.54, 1.807) is 11.1 Å². The Hall–Kier alpha value is -2.38. The average Bonchev–Trinajstić information content (AvgIpc) is 3.59. The maximum Gasteiger partial charge on any atom is 0.0584 e. The summed E-state index contributed by atoms with van der Waals surface area (Å²) in [5.74, 6) is 4.24. The molecule has 4 aliphatic carbocycles. The van der Waals surface area contributed by atoms with Crippen LogP contribution >= 0.6 is 0 Å². The molecule has 49 heavy (non-hydrogen) atoms. The number of hydrogen-bond acceptors (Lipinski definition) is 0. The summed E-state index contributed by atoms with van der Waals surface area (Å²) in [7, 11) is -1.77. The summed E-state index contributed by atoms with van der Waals surface area (Å²) in [6.45, 7) is 24.6. The monoisotopic (exact) mass is 673 g/mol. The molecule has 6 rings (SSSR count). The lowest BCUT2D eigenvalue weighted by molar-refractivity contribution is 0.485. The van der Waals surface area contributed by atoms with Gasteiger partial charge < -0.3 is 0 Å². The summed E-state index contributed by atoms with van der Waals surface area (Å²) in [6, 6.07) is 20.8. The van der Waals surface area contributed by atoms with E-state index in [-0.39, 0.29) is 10.8 Å². The molecule has 0 amide bonds. The molecule has 2 aromatic rings. The molecule has 8 atom stereocenters. The number of allylic oxidation sites excluding steroid dienone is 8. The van der Waals surface area contributed by atoms with Crippen molar-refractivity contribution in [3.05, 3.63) is 107 Å². The van der Waals surface area contributed by atoms with E-state index in [0.717, 1.165) is 22.9 Å². The Labute approximate surface area is 302 Å². The van der Waals surface area contributed by atoms with Gasteiger partial charge in [0.1, 0.15) is 0 Å². The first-order valence-corrected chi connectivity index (χ1v) is 23.1. The number of rotatable bonds is 10. The van der Waals surface area contributed by atoms with Crippen LogP contribution in [0.25, 0.3) is 11.1 Å². The van der Waals surface area contributed by atoms with Gasteiger partial charge >= 0.3 is 0 Å². The molecule has 1 heteroatoms. The number of unbranched alkanes of at least 4 members (excludes halogenated alkanes) is 4. The molecule has 0 heterocycles. The summed E-state index contributed by atoms with van der Waals surface area (Å²) in [4.78, 5) is 0. The molecule has 4 aliphatic rings. The van der Waals surface area contributed by atoms with E-state index in [2.05, 4.69) is 154 Å². The van der Waals surface area contributed by atoms with Crippen LogP contribution in [0.5, 0.6) is 0 Å². The van der Waals surface area contributed by atoms with Crippen LogP contribution in [0.15, 0.2) is 85.0 Å². The normalized spacial score (nSPS) is 30.8. The summed E-state index contributed by atoms with van der Waals surface area (Å²) in [6.07, 6.45) is 24.9. The Kier molecular flexibility index (Phi) is 10.6. The predicted octanol–water partition coefficient (Wildman–Crippen LogP) is 14.2. The number of fused-ring (bicyclic) bond motifs is 2. The van der Waals surface area contributed by atoms with Crippen molar-refractivity contribution in [1.82, 2.24) is 0 Å². The van der Waals surface area contributed by atoms with Crippen molar-refractivity contribution in [1.29, 1.82) is 0 Å². The van der Waals surface area contributed by atoms with Crippen LogP contribution in [0.4, 0.5) is 0 Å². The largest absolute Gasteiger partial charge is 0.0808 e. The van der Waals surface area contributed by atoms with E-state index in [0.29, 0.717) is 23.7 Å². The van der Waals surface area contributed by atoms with Gasteiger partial charge in [-0.25, -0.2) is 0 Å². The Morgan fingerprint density at radius 2 is 1.00 bits per heavy atom. The fraction of sp³-hybridized carbons (Fsp3) is 0.583. The molecular weight excluding hydrogens is 605 g/mol. The van der Waals surface area contributed by atoms with E-state index >= 15 is 0 Å². The number of benzene rings is 2. The van der Waals surface area contributed by atoms with Crippen molar-refractivity contribution in [2.75, 3.05) is 0 Å². The number of hydrogen-bond donors (Lipinski definition) is 0. The van der Waals surface area contributed by atoms with E-state index in [1.807, 2.05) is 0 Å². The van der Waals surface area contributed by atoms with E-state index in [4.69, 9.17) is 0 Å². The Bertz CT molecular complexity index is 1440. The highest BCUT2D eigenvalue weighted by atomic mass is 28.3. The lowest BCUT2D eigenvalue weighted by Crippen LogP contribution is -2.48. The summed E-state index contributed by atoms with van der Waals surface area (Å²) >= 11 is 0. The standard InChI is InChI=1S/C48H68Si/c1-11-12-13-14-15-30-49(10,45-33(2)31-43-39(18-16-20-41(43)45)35-22-26-37(27-23-35)47(4,5)6)46-34(3)32-44-40(19-17-21-42(44)46)36-24-28-38(29-25-36)48(7,8)9/h16-29,33-34,41-46H,11-15,30-32H2,1-10H3. The second-order valence-electron chi connectivity index (χ2n) is 19.2. The van der Waals surface area contributed by atoms with Gasteiger partial charge in [0, 0.05) is 0 Å². The highest BCUT2D eigenvalue weighted by Crippen LogP contribution is 2.66. The Morgan fingerprint density at radius 3 is 1.39 bits per heavy atom.